The Morgan fingerprint density at radius 3 is 2.53 bits per heavy atom. The minimum atomic E-state index is 0.351. The molecule has 0 aromatic carbocycles. The van der Waals surface area contributed by atoms with E-state index in [0.29, 0.717) is 23.2 Å². The molecule has 1 aliphatic carbocycles. The molecule has 0 spiro atoms. The van der Waals surface area contributed by atoms with Gasteiger partial charge in [0.1, 0.15) is 5.78 Å². The quantitative estimate of drug-likeness (QED) is 0.746. The fourth-order valence-corrected chi connectivity index (χ4v) is 3.10. The van der Waals surface area contributed by atoms with Crippen LogP contribution in [0.5, 0.6) is 0 Å². The van der Waals surface area contributed by atoms with Crippen LogP contribution < -0.4 is 0 Å². The van der Waals surface area contributed by atoms with Crippen molar-refractivity contribution in [3.05, 3.63) is 0 Å². The van der Waals surface area contributed by atoms with Gasteiger partial charge in [0.15, 0.2) is 0 Å². The number of rotatable bonds is 4. The lowest BCUT2D eigenvalue weighted by atomic mass is 9.71. The van der Waals surface area contributed by atoms with Crippen molar-refractivity contribution in [3.8, 4) is 0 Å². The van der Waals surface area contributed by atoms with Crippen molar-refractivity contribution < 1.29 is 9.53 Å². The predicted octanol–water partition coefficient (Wildman–Crippen LogP) is 3.73. The molecule has 2 heteroatoms. The molecule has 2 rings (SSSR count). The van der Waals surface area contributed by atoms with Gasteiger partial charge in [-0.3, -0.25) is 4.79 Å². The molecule has 2 aliphatic rings. The summed E-state index contributed by atoms with van der Waals surface area (Å²) in [4.78, 5) is 12.1. The van der Waals surface area contributed by atoms with Gasteiger partial charge in [-0.05, 0) is 50.4 Å². The van der Waals surface area contributed by atoms with Crippen molar-refractivity contribution in [1.82, 2.24) is 0 Å². The van der Waals surface area contributed by atoms with Gasteiger partial charge < -0.3 is 4.74 Å². The number of carbonyl (C=O) groups excluding carboxylic acids is 1. The topological polar surface area (TPSA) is 26.3 Å². The summed E-state index contributed by atoms with van der Waals surface area (Å²) in [5.41, 5.74) is 0.464. The van der Waals surface area contributed by atoms with Crippen LogP contribution in [0.15, 0.2) is 0 Å². The van der Waals surface area contributed by atoms with Crippen molar-refractivity contribution in [1.29, 1.82) is 0 Å². The van der Waals surface area contributed by atoms with Crippen molar-refractivity contribution >= 4 is 5.78 Å². The standard InChI is InChI=1S/C15H26O2/c1-15(2)9-7-12(8-10-15)14(16)6-5-13-4-3-11-17-13/h12-13H,3-11H2,1-2H3. The Bertz CT molecular complexity index is 254. The van der Waals surface area contributed by atoms with E-state index in [1.165, 1.54) is 19.3 Å². The highest BCUT2D eigenvalue weighted by Crippen LogP contribution is 2.38. The first-order valence-electron chi connectivity index (χ1n) is 7.21. The Hall–Kier alpha value is -0.370. The molecule has 2 fully saturated rings. The highest BCUT2D eigenvalue weighted by atomic mass is 16.5. The number of hydrogen-bond acceptors (Lipinski definition) is 2. The molecule has 1 heterocycles. The third-order valence-corrected chi connectivity index (χ3v) is 4.53. The summed E-state index contributed by atoms with van der Waals surface area (Å²) in [6, 6.07) is 0. The van der Waals surface area contributed by atoms with E-state index in [9.17, 15) is 4.79 Å². The summed E-state index contributed by atoms with van der Waals surface area (Å²) in [6.07, 6.45) is 9.05. The van der Waals surface area contributed by atoms with Crippen LogP contribution in [0.2, 0.25) is 0 Å². The summed E-state index contributed by atoms with van der Waals surface area (Å²) >= 11 is 0. The van der Waals surface area contributed by atoms with Crippen LogP contribution in [-0.2, 0) is 9.53 Å². The summed E-state index contributed by atoms with van der Waals surface area (Å²) < 4.78 is 5.57. The smallest absolute Gasteiger partial charge is 0.136 e. The number of ketones is 1. The first-order chi connectivity index (χ1) is 8.07. The minimum absolute atomic E-state index is 0.351. The van der Waals surface area contributed by atoms with Gasteiger partial charge in [-0.1, -0.05) is 13.8 Å². The molecule has 1 saturated heterocycles. The largest absolute Gasteiger partial charge is 0.378 e. The summed E-state index contributed by atoms with van der Waals surface area (Å²) in [6.45, 7) is 5.54. The van der Waals surface area contributed by atoms with E-state index in [-0.39, 0.29) is 0 Å². The molecule has 1 atom stereocenters. The fraction of sp³-hybridized carbons (Fsp3) is 0.933. The zero-order chi connectivity index (χ0) is 12.3. The average Bonchev–Trinajstić information content (AvgIpc) is 2.78. The Kier molecular flexibility index (Phi) is 4.24. The Labute approximate surface area is 105 Å². The van der Waals surface area contributed by atoms with E-state index < -0.39 is 0 Å². The molecular weight excluding hydrogens is 212 g/mol. The second-order valence-corrected chi connectivity index (χ2v) is 6.58. The molecule has 0 bridgehead atoms. The van der Waals surface area contributed by atoms with Crippen LogP contribution in [0.4, 0.5) is 0 Å². The van der Waals surface area contributed by atoms with Crippen LogP contribution in [0.25, 0.3) is 0 Å². The molecule has 2 nitrogen and oxygen atoms in total. The van der Waals surface area contributed by atoms with Crippen molar-refractivity contribution in [2.24, 2.45) is 11.3 Å². The lowest BCUT2D eigenvalue weighted by Gasteiger charge is -2.33. The summed E-state index contributed by atoms with van der Waals surface area (Å²) in [5, 5.41) is 0. The van der Waals surface area contributed by atoms with E-state index in [4.69, 9.17) is 4.74 Å². The second-order valence-electron chi connectivity index (χ2n) is 6.58. The molecule has 0 aromatic heterocycles. The third kappa shape index (κ3) is 3.80. The van der Waals surface area contributed by atoms with Crippen molar-refractivity contribution in [3.63, 3.8) is 0 Å². The molecule has 0 amide bonds. The molecule has 0 radical (unpaired) electrons. The first kappa shape index (κ1) is 13.1. The SMILES string of the molecule is CC1(C)CCC(C(=O)CCC2CCCO2)CC1. The number of Topliss-reactive ketones (excluding diaryl/α,β-unsaturated/α-hetero) is 1. The van der Waals surface area contributed by atoms with Gasteiger partial charge in [0.05, 0.1) is 6.10 Å². The Morgan fingerprint density at radius 2 is 1.94 bits per heavy atom. The number of ether oxygens (including phenoxy) is 1. The number of hydrogen-bond donors (Lipinski definition) is 0. The Morgan fingerprint density at radius 1 is 1.24 bits per heavy atom. The van der Waals surface area contributed by atoms with Crippen molar-refractivity contribution in [2.75, 3.05) is 6.61 Å². The maximum atomic E-state index is 12.1. The van der Waals surface area contributed by atoms with Crippen LogP contribution in [-0.4, -0.2) is 18.5 Å². The highest BCUT2D eigenvalue weighted by molar-refractivity contribution is 5.81. The lowest BCUT2D eigenvalue weighted by molar-refractivity contribution is -0.125. The third-order valence-electron chi connectivity index (χ3n) is 4.53. The molecular formula is C15H26O2. The highest BCUT2D eigenvalue weighted by Gasteiger charge is 2.30. The zero-order valence-electron chi connectivity index (χ0n) is 11.3. The maximum absolute atomic E-state index is 12.1. The van der Waals surface area contributed by atoms with E-state index in [1.54, 1.807) is 0 Å². The van der Waals surface area contributed by atoms with E-state index in [2.05, 4.69) is 13.8 Å². The van der Waals surface area contributed by atoms with E-state index in [0.717, 1.165) is 38.7 Å². The molecule has 0 N–H and O–H groups in total. The van der Waals surface area contributed by atoms with E-state index >= 15 is 0 Å². The lowest BCUT2D eigenvalue weighted by Crippen LogP contribution is -2.26. The van der Waals surface area contributed by atoms with Gasteiger partial charge in [-0.25, -0.2) is 0 Å². The van der Waals surface area contributed by atoms with Gasteiger partial charge in [-0.15, -0.1) is 0 Å². The molecule has 17 heavy (non-hydrogen) atoms. The van der Waals surface area contributed by atoms with Crippen LogP contribution in [0.3, 0.4) is 0 Å². The molecule has 1 saturated carbocycles. The zero-order valence-corrected chi connectivity index (χ0v) is 11.3. The molecule has 0 aromatic rings. The van der Waals surface area contributed by atoms with Gasteiger partial charge >= 0.3 is 0 Å². The predicted molar refractivity (Wildman–Crippen MR) is 69.0 cm³/mol. The van der Waals surface area contributed by atoms with Gasteiger partial charge in [0, 0.05) is 18.9 Å². The van der Waals surface area contributed by atoms with Crippen molar-refractivity contribution in [2.45, 2.75) is 71.3 Å². The van der Waals surface area contributed by atoms with E-state index in [1.807, 2.05) is 0 Å². The van der Waals surface area contributed by atoms with Gasteiger partial charge in [0.2, 0.25) is 0 Å². The normalized spacial score (nSPS) is 29.4. The Balaban J connectivity index is 1.69. The fourth-order valence-electron chi connectivity index (χ4n) is 3.10. The molecule has 1 unspecified atom stereocenters. The van der Waals surface area contributed by atoms with Gasteiger partial charge in [0.25, 0.3) is 0 Å². The molecule has 98 valence electrons. The second kappa shape index (κ2) is 5.51. The minimum Gasteiger partial charge on any atom is -0.378 e. The maximum Gasteiger partial charge on any atom is 0.136 e. The van der Waals surface area contributed by atoms with Gasteiger partial charge in [-0.2, -0.15) is 0 Å². The first-order valence-corrected chi connectivity index (χ1v) is 7.21. The average molecular weight is 238 g/mol. The summed E-state index contributed by atoms with van der Waals surface area (Å²) in [7, 11) is 0. The number of carbonyl (C=O) groups is 1. The molecule has 1 aliphatic heterocycles. The monoisotopic (exact) mass is 238 g/mol. The van der Waals surface area contributed by atoms with Crippen LogP contribution >= 0.6 is 0 Å². The van der Waals surface area contributed by atoms with Crippen LogP contribution in [0, 0.1) is 11.3 Å². The summed E-state index contributed by atoms with van der Waals surface area (Å²) in [5.74, 6) is 0.848. The van der Waals surface area contributed by atoms with Crippen LogP contribution in [0.1, 0.15) is 65.2 Å².